The molecule has 2 N–H and O–H groups in total. The van der Waals surface area contributed by atoms with Crippen molar-refractivity contribution in [3.8, 4) is 0 Å². The van der Waals surface area contributed by atoms with Gasteiger partial charge < -0.3 is 10.4 Å². The van der Waals surface area contributed by atoms with Crippen molar-refractivity contribution in [1.82, 2.24) is 5.32 Å². The Morgan fingerprint density at radius 3 is 2.21 bits per heavy atom. The molecule has 1 aliphatic carbocycles. The van der Waals surface area contributed by atoms with Crippen LogP contribution in [0.5, 0.6) is 0 Å². The Hall–Kier alpha value is -1.06. The van der Waals surface area contributed by atoms with Gasteiger partial charge in [0.1, 0.15) is 0 Å². The fourth-order valence-electron chi connectivity index (χ4n) is 2.65. The Labute approximate surface area is 116 Å². The molecule has 1 rings (SSSR count). The number of amides is 1. The van der Waals surface area contributed by atoms with E-state index in [9.17, 15) is 9.59 Å². The highest BCUT2D eigenvalue weighted by Crippen LogP contribution is 2.22. The molecule has 0 bridgehead atoms. The second-order valence-corrected chi connectivity index (χ2v) is 5.54. The average Bonchev–Trinajstić information content (AvgIpc) is 2.32. The highest BCUT2D eigenvalue weighted by Gasteiger charge is 2.18. The van der Waals surface area contributed by atoms with Crippen molar-refractivity contribution in [2.75, 3.05) is 6.54 Å². The smallest absolute Gasteiger partial charge is 0.303 e. The van der Waals surface area contributed by atoms with Crippen LogP contribution in [-0.4, -0.2) is 23.5 Å². The molecule has 0 aromatic rings. The third kappa shape index (κ3) is 7.85. The SMILES string of the molecule is O=C(O)CCCCCNC(=O)C1CCCCCCC1. The number of nitrogens with one attached hydrogen (secondary N) is 1. The zero-order valence-electron chi connectivity index (χ0n) is 11.8. The molecule has 0 aromatic carbocycles. The quantitative estimate of drug-likeness (QED) is 0.698. The third-order valence-electron chi connectivity index (χ3n) is 3.84. The number of hydrogen-bond donors (Lipinski definition) is 2. The second-order valence-electron chi connectivity index (χ2n) is 5.54. The molecule has 19 heavy (non-hydrogen) atoms. The molecule has 0 saturated heterocycles. The number of aliphatic carboxylic acids is 1. The zero-order chi connectivity index (χ0) is 13.9. The van der Waals surface area contributed by atoms with Crippen molar-refractivity contribution < 1.29 is 14.7 Å². The van der Waals surface area contributed by atoms with Crippen molar-refractivity contribution in [3.63, 3.8) is 0 Å². The van der Waals surface area contributed by atoms with E-state index in [1.165, 1.54) is 32.1 Å². The zero-order valence-corrected chi connectivity index (χ0v) is 11.8. The minimum Gasteiger partial charge on any atom is -0.481 e. The number of carbonyl (C=O) groups is 2. The van der Waals surface area contributed by atoms with Crippen LogP contribution in [0.4, 0.5) is 0 Å². The number of rotatable bonds is 7. The maximum Gasteiger partial charge on any atom is 0.303 e. The van der Waals surface area contributed by atoms with Crippen LogP contribution < -0.4 is 5.32 Å². The molecule has 0 spiro atoms. The summed E-state index contributed by atoms with van der Waals surface area (Å²) in [5, 5.41) is 11.5. The first-order valence-corrected chi connectivity index (χ1v) is 7.69. The van der Waals surface area contributed by atoms with E-state index in [1.54, 1.807) is 0 Å². The normalized spacial score (nSPS) is 17.5. The number of unbranched alkanes of at least 4 members (excludes halogenated alkanes) is 2. The number of hydrogen-bond acceptors (Lipinski definition) is 2. The van der Waals surface area contributed by atoms with E-state index in [1.807, 2.05) is 0 Å². The van der Waals surface area contributed by atoms with Crippen molar-refractivity contribution in [1.29, 1.82) is 0 Å². The molecule has 1 saturated carbocycles. The highest BCUT2D eigenvalue weighted by atomic mass is 16.4. The molecule has 0 aromatic heterocycles. The summed E-state index contributed by atoms with van der Waals surface area (Å²) >= 11 is 0. The predicted octanol–water partition coefficient (Wildman–Crippen LogP) is 3.11. The van der Waals surface area contributed by atoms with Crippen LogP contribution in [0.2, 0.25) is 0 Å². The van der Waals surface area contributed by atoms with Crippen molar-refractivity contribution in [2.24, 2.45) is 5.92 Å². The summed E-state index contributed by atoms with van der Waals surface area (Å²) in [4.78, 5) is 22.3. The molecule has 4 heteroatoms. The van der Waals surface area contributed by atoms with Crippen LogP contribution in [-0.2, 0) is 9.59 Å². The van der Waals surface area contributed by atoms with E-state index in [2.05, 4.69) is 5.32 Å². The van der Waals surface area contributed by atoms with Gasteiger partial charge >= 0.3 is 5.97 Å². The van der Waals surface area contributed by atoms with Crippen LogP contribution in [0.3, 0.4) is 0 Å². The van der Waals surface area contributed by atoms with Crippen molar-refractivity contribution in [3.05, 3.63) is 0 Å². The monoisotopic (exact) mass is 269 g/mol. The van der Waals surface area contributed by atoms with E-state index >= 15 is 0 Å². The van der Waals surface area contributed by atoms with E-state index in [0.717, 1.165) is 25.7 Å². The van der Waals surface area contributed by atoms with E-state index in [4.69, 9.17) is 5.11 Å². The van der Waals surface area contributed by atoms with Gasteiger partial charge in [0.05, 0.1) is 0 Å². The molecule has 0 heterocycles. The van der Waals surface area contributed by atoms with Gasteiger partial charge in [-0.15, -0.1) is 0 Å². The van der Waals surface area contributed by atoms with Crippen molar-refractivity contribution >= 4 is 11.9 Å². The van der Waals surface area contributed by atoms with Gasteiger partial charge in [-0.25, -0.2) is 0 Å². The first-order chi connectivity index (χ1) is 9.20. The lowest BCUT2D eigenvalue weighted by Gasteiger charge is -2.19. The fourth-order valence-corrected chi connectivity index (χ4v) is 2.65. The number of carboxylic acid groups (broad SMARTS) is 1. The fraction of sp³-hybridized carbons (Fsp3) is 0.867. The minimum absolute atomic E-state index is 0.208. The van der Waals surface area contributed by atoms with E-state index in [0.29, 0.717) is 13.0 Å². The van der Waals surface area contributed by atoms with Crippen LogP contribution in [0, 0.1) is 5.92 Å². The summed E-state index contributed by atoms with van der Waals surface area (Å²) < 4.78 is 0. The highest BCUT2D eigenvalue weighted by molar-refractivity contribution is 5.78. The van der Waals surface area contributed by atoms with Gasteiger partial charge in [0.2, 0.25) is 5.91 Å². The topological polar surface area (TPSA) is 66.4 Å². The molecular weight excluding hydrogens is 242 g/mol. The molecule has 0 unspecified atom stereocenters. The Morgan fingerprint density at radius 2 is 1.58 bits per heavy atom. The Bertz CT molecular complexity index is 271. The van der Waals surface area contributed by atoms with Gasteiger partial charge in [0, 0.05) is 18.9 Å². The first-order valence-electron chi connectivity index (χ1n) is 7.69. The van der Waals surface area contributed by atoms with Gasteiger partial charge in [-0.1, -0.05) is 38.5 Å². The molecule has 1 amide bonds. The Morgan fingerprint density at radius 1 is 0.947 bits per heavy atom. The van der Waals surface area contributed by atoms with Crippen LogP contribution in [0.25, 0.3) is 0 Å². The summed E-state index contributed by atoms with van der Waals surface area (Å²) in [5.41, 5.74) is 0. The average molecular weight is 269 g/mol. The Balaban J connectivity index is 2.07. The first kappa shape index (κ1) is 16.0. The lowest BCUT2D eigenvalue weighted by atomic mass is 9.90. The van der Waals surface area contributed by atoms with Gasteiger partial charge in [-0.3, -0.25) is 9.59 Å². The maximum absolute atomic E-state index is 12.0. The molecule has 1 fully saturated rings. The predicted molar refractivity (Wildman–Crippen MR) is 74.9 cm³/mol. The summed E-state index contributed by atoms with van der Waals surface area (Å²) in [5.74, 6) is -0.321. The van der Waals surface area contributed by atoms with Crippen molar-refractivity contribution in [2.45, 2.75) is 70.6 Å². The third-order valence-corrected chi connectivity index (χ3v) is 3.84. The van der Waals surface area contributed by atoms with Gasteiger partial charge in [0.25, 0.3) is 0 Å². The van der Waals surface area contributed by atoms with E-state index < -0.39 is 5.97 Å². The maximum atomic E-state index is 12.0. The minimum atomic E-state index is -0.737. The molecule has 0 radical (unpaired) electrons. The van der Waals surface area contributed by atoms with Gasteiger partial charge in [-0.2, -0.15) is 0 Å². The van der Waals surface area contributed by atoms with Gasteiger partial charge in [-0.05, 0) is 25.7 Å². The standard InChI is InChI=1S/C15H27NO3/c17-14(18)11-7-4-8-12-16-15(19)13-9-5-2-1-3-6-10-13/h13H,1-12H2,(H,16,19)(H,17,18). The summed E-state index contributed by atoms with van der Waals surface area (Å²) in [6, 6.07) is 0. The lowest BCUT2D eigenvalue weighted by molar-refractivity contribution is -0.137. The second kappa shape index (κ2) is 9.82. The summed E-state index contributed by atoms with van der Waals surface area (Å²) in [6.45, 7) is 0.689. The lowest BCUT2D eigenvalue weighted by Crippen LogP contribution is -2.31. The van der Waals surface area contributed by atoms with Crippen LogP contribution in [0.1, 0.15) is 70.6 Å². The van der Waals surface area contributed by atoms with Crippen LogP contribution >= 0.6 is 0 Å². The van der Waals surface area contributed by atoms with Crippen LogP contribution in [0.15, 0.2) is 0 Å². The molecule has 1 aliphatic rings. The number of carbonyl (C=O) groups excluding carboxylic acids is 1. The summed E-state index contributed by atoms with van der Waals surface area (Å²) in [7, 11) is 0. The number of carboxylic acids is 1. The Kier molecular flexibility index (Phi) is 8.26. The largest absolute Gasteiger partial charge is 0.481 e. The molecule has 0 aliphatic heterocycles. The molecular formula is C15H27NO3. The van der Waals surface area contributed by atoms with Gasteiger partial charge in [0.15, 0.2) is 0 Å². The molecule has 4 nitrogen and oxygen atoms in total. The molecule has 110 valence electrons. The van der Waals surface area contributed by atoms with E-state index in [-0.39, 0.29) is 18.2 Å². The summed E-state index contributed by atoms with van der Waals surface area (Å²) in [6.07, 6.45) is 11.0. The molecule has 0 atom stereocenters.